The molecule has 5 nitrogen and oxygen atoms in total. The first kappa shape index (κ1) is 12.1. The SMILES string of the molecule is Cl.N=C(N)c1ccc2cc(C(=O)O)oc2c1. The normalized spacial score (nSPS) is 9.75. The van der Waals surface area contributed by atoms with Crippen LogP contribution in [0.3, 0.4) is 0 Å². The number of carboxylic acids is 1. The Hall–Kier alpha value is -2.01. The van der Waals surface area contributed by atoms with Crippen LogP contribution in [0.1, 0.15) is 16.1 Å². The molecule has 0 fully saturated rings. The van der Waals surface area contributed by atoms with E-state index in [1.807, 2.05) is 0 Å². The van der Waals surface area contributed by atoms with Crippen molar-refractivity contribution in [2.24, 2.45) is 5.73 Å². The number of amidine groups is 1. The van der Waals surface area contributed by atoms with E-state index in [9.17, 15) is 4.79 Å². The maximum atomic E-state index is 10.6. The highest BCUT2D eigenvalue weighted by atomic mass is 35.5. The first-order valence-electron chi connectivity index (χ1n) is 4.19. The molecule has 0 atom stereocenters. The zero-order valence-electron chi connectivity index (χ0n) is 8.06. The van der Waals surface area contributed by atoms with Gasteiger partial charge in [-0.05, 0) is 12.1 Å². The van der Waals surface area contributed by atoms with Gasteiger partial charge in [0.05, 0.1) is 0 Å². The molecule has 0 aliphatic heterocycles. The molecule has 2 rings (SSSR count). The van der Waals surface area contributed by atoms with Crippen LogP contribution < -0.4 is 5.73 Å². The minimum atomic E-state index is -1.12. The van der Waals surface area contributed by atoms with Gasteiger partial charge in [0.2, 0.25) is 5.76 Å². The molecule has 1 aromatic carbocycles. The van der Waals surface area contributed by atoms with Crippen molar-refractivity contribution in [3.05, 3.63) is 35.6 Å². The second-order valence-corrected chi connectivity index (χ2v) is 3.08. The summed E-state index contributed by atoms with van der Waals surface area (Å²) in [6, 6.07) is 6.29. The Balaban J connectivity index is 0.00000128. The average molecular weight is 241 g/mol. The van der Waals surface area contributed by atoms with Crippen LogP contribution in [0.2, 0.25) is 0 Å². The predicted octanol–water partition coefficient (Wildman–Crippen LogP) is 1.84. The number of furan rings is 1. The number of carboxylic acid groups (broad SMARTS) is 1. The van der Waals surface area contributed by atoms with E-state index in [1.54, 1.807) is 18.2 Å². The fourth-order valence-corrected chi connectivity index (χ4v) is 1.30. The summed E-state index contributed by atoms with van der Waals surface area (Å²) < 4.78 is 5.07. The predicted molar refractivity (Wildman–Crippen MR) is 61.4 cm³/mol. The fourth-order valence-electron chi connectivity index (χ4n) is 1.30. The number of hydrogen-bond acceptors (Lipinski definition) is 3. The van der Waals surface area contributed by atoms with Crippen molar-refractivity contribution in [1.29, 1.82) is 5.41 Å². The molecule has 1 aromatic heterocycles. The molecule has 84 valence electrons. The van der Waals surface area contributed by atoms with Crippen molar-refractivity contribution in [3.63, 3.8) is 0 Å². The molecule has 0 unspecified atom stereocenters. The van der Waals surface area contributed by atoms with E-state index in [0.29, 0.717) is 16.5 Å². The van der Waals surface area contributed by atoms with Crippen LogP contribution in [0, 0.1) is 5.41 Å². The highest BCUT2D eigenvalue weighted by molar-refractivity contribution is 5.99. The van der Waals surface area contributed by atoms with Crippen LogP contribution in [0.5, 0.6) is 0 Å². The van der Waals surface area contributed by atoms with E-state index in [4.69, 9.17) is 20.7 Å². The summed E-state index contributed by atoms with van der Waals surface area (Å²) in [5, 5.41) is 16.6. The summed E-state index contributed by atoms with van der Waals surface area (Å²) in [4.78, 5) is 10.6. The Morgan fingerprint density at radius 1 is 1.38 bits per heavy atom. The highest BCUT2D eigenvalue weighted by Gasteiger charge is 2.10. The molecule has 0 spiro atoms. The van der Waals surface area contributed by atoms with E-state index in [-0.39, 0.29) is 24.0 Å². The lowest BCUT2D eigenvalue weighted by Crippen LogP contribution is -2.10. The van der Waals surface area contributed by atoms with Gasteiger partial charge in [0, 0.05) is 10.9 Å². The van der Waals surface area contributed by atoms with Gasteiger partial charge in [-0.15, -0.1) is 12.4 Å². The van der Waals surface area contributed by atoms with E-state index in [0.717, 1.165) is 0 Å². The number of halogens is 1. The number of hydrogen-bond donors (Lipinski definition) is 3. The van der Waals surface area contributed by atoms with Crippen molar-refractivity contribution in [1.82, 2.24) is 0 Å². The molecule has 0 aliphatic rings. The topological polar surface area (TPSA) is 100 Å². The van der Waals surface area contributed by atoms with Crippen molar-refractivity contribution < 1.29 is 14.3 Å². The first-order valence-corrected chi connectivity index (χ1v) is 4.19. The number of aromatic carboxylic acids is 1. The molecule has 4 N–H and O–H groups in total. The van der Waals surface area contributed by atoms with Crippen LogP contribution in [0.25, 0.3) is 11.0 Å². The van der Waals surface area contributed by atoms with E-state index in [1.165, 1.54) is 6.07 Å². The third-order valence-electron chi connectivity index (χ3n) is 2.04. The third kappa shape index (κ3) is 1.99. The van der Waals surface area contributed by atoms with Crippen LogP contribution >= 0.6 is 12.4 Å². The first-order chi connectivity index (χ1) is 7.08. The average Bonchev–Trinajstić information content (AvgIpc) is 2.59. The standard InChI is InChI=1S/C10H8N2O3.ClH/c11-9(12)6-2-1-5-3-8(10(13)14)15-7(5)4-6;/h1-4H,(H3,11,12)(H,13,14);1H. The Morgan fingerprint density at radius 2 is 2.06 bits per heavy atom. The van der Waals surface area contributed by atoms with Crippen LogP contribution in [-0.4, -0.2) is 16.9 Å². The molecule has 0 bridgehead atoms. The van der Waals surface area contributed by atoms with E-state index in [2.05, 4.69) is 0 Å². The lowest BCUT2D eigenvalue weighted by molar-refractivity contribution is 0.0665. The largest absolute Gasteiger partial charge is 0.475 e. The van der Waals surface area contributed by atoms with Gasteiger partial charge in [0.15, 0.2) is 0 Å². The number of nitrogens with two attached hydrogens (primary N) is 1. The maximum Gasteiger partial charge on any atom is 0.371 e. The monoisotopic (exact) mass is 240 g/mol. The van der Waals surface area contributed by atoms with Gasteiger partial charge in [-0.2, -0.15) is 0 Å². The van der Waals surface area contributed by atoms with Gasteiger partial charge in [-0.25, -0.2) is 4.79 Å². The zero-order chi connectivity index (χ0) is 11.0. The highest BCUT2D eigenvalue weighted by Crippen LogP contribution is 2.20. The van der Waals surface area contributed by atoms with Crippen LogP contribution in [0.15, 0.2) is 28.7 Å². The van der Waals surface area contributed by atoms with E-state index < -0.39 is 5.97 Å². The molecule has 0 saturated heterocycles. The second kappa shape index (κ2) is 4.24. The number of fused-ring (bicyclic) bond motifs is 1. The van der Waals surface area contributed by atoms with Gasteiger partial charge in [0.25, 0.3) is 0 Å². The maximum absolute atomic E-state index is 10.6. The quantitative estimate of drug-likeness (QED) is 0.551. The Bertz CT molecular complexity index is 550. The summed E-state index contributed by atoms with van der Waals surface area (Å²) >= 11 is 0. The molecule has 0 radical (unpaired) electrons. The third-order valence-corrected chi connectivity index (χ3v) is 2.04. The lowest BCUT2D eigenvalue weighted by Gasteiger charge is -1.95. The Labute approximate surface area is 96.8 Å². The second-order valence-electron chi connectivity index (χ2n) is 3.08. The number of carbonyl (C=O) groups is 1. The molecular weight excluding hydrogens is 232 g/mol. The van der Waals surface area contributed by atoms with Crippen LogP contribution in [0.4, 0.5) is 0 Å². The number of benzene rings is 1. The summed E-state index contributed by atoms with van der Waals surface area (Å²) in [5.41, 5.74) is 6.22. The molecule has 0 aliphatic carbocycles. The molecule has 16 heavy (non-hydrogen) atoms. The summed E-state index contributed by atoms with van der Waals surface area (Å²) in [5.74, 6) is -1.31. The number of nitrogens with one attached hydrogen (secondary N) is 1. The molecule has 0 saturated carbocycles. The Morgan fingerprint density at radius 3 is 2.62 bits per heavy atom. The van der Waals surface area contributed by atoms with Gasteiger partial charge in [-0.3, -0.25) is 5.41 Å². The van der Waals surface area contributed by atoms with Gasteiger partial charge >= 0.3 is 5.97 Å². The summed E-state index contributed by atoms with van der Waals surface area (Å²) in [6.07, 6.45) is 0. The summed E-state index contributed by atoms with van der Waals surface area (Å²) in [7, 11) is 0. The lowest BCUT2D eigenvalue weighted by atomic mass is 10.1. The van der Waals surface area contributed by atoms with Gasteiger partial charge in [0.1, 0.15) is 11.4 Å². The number of nitrogen functional groups attached to an aromatic ring is 1. The van der Waals surface area contributed by atoms with Crippen molar-refractivity contribution in [2.75, 3.05) is 0 Å². The van der Waals surface area contributed by atoms with Crippen LogP contribution in [-0.2, 0) is 0 Å². The van der Waals surface area contributed by atoms with Crippen molar-refractivity contribution in [2.45, 2.75) is 0 Å². The Kier molecular flexibility index (Phi) is 3.20. The fraction of sp³-hybridized carbons (Fsp3) is 0. The molecule has 6 heteroatoms. The zero-order valence-corrected chi connectivity index (χ0v) is 8.88. The molecule has 2 aromatic rings. The number of rotatable bonds is 2. The van der Waals surface area contributed by atoms with Crippen molar-refractivity contribution in [3.8, 4) is 0 Å². The minimum absolute atomic E-state index is 0. The van der Waals surface area contributed by atoms with Gasteiger partial charge in [-0.1, -0.05) is 12.1 Å². The van der Waals surface area contributed by atoms with Crippen molar-refractivity contribution >= 4 is 35.2 Å². The van der Waals surface area contributed by atoms with Gasteiger partial charge < -0.3 is 15.3 Å². The molecular formula is C10H9ClN2O3. The molecule has 1 heterocycles. The minimum Gasteiger partial charge on any atom is -0.475 e. The summed E-state index contributed by atoms with van der Waals surface area (Å²) in [6.45, 7) is 0. The van der Waals surface area contributed by atoms with E-state index >= 15 is 0 Å². The molecule has 0 amide bonds. The smallest absolute Gasteiger partial charge is 0.371 e.